The number of carbonyl (C=O) groups is 1. The van der Waals surface area contributed by atoms with E-state index in [0.29, 0.717) is 17.1 Å². The van der Waals surface area contributed by atoms with Crippen LogP contribution in [0.15, 0.2) is 27.4 Å². The van der Waals surface area contributed by atoms with Gasteiger partial charge in [-0.1, -0.05) is 13.0 Å². The van der Waals surface area contributed by atoms with E-state index in [4.69, 9.17) is 14.3 Å². The van der Waals surface area contributed by atoms with Gasteiger partial charge >= 0.3 is 11.6 Å². The molecule has 1 aromatic heterocycles. The van der Waals surface area contributed by atoms with Gasteiger partial charge in [0.15, 0.2) is 0 Å². The number of aliphatic carboxylic acids is 1. The zero-order valence-electron chi connectivity index (χ0n) is 10.6. The minimum absolute atomic E-state index is 0.0333. The van der Waals surface area contributed by atoms with Crippen LogP contribution in [0.25, 0.3) is 5.57 Å². The number of carboxylic acids is 1. The van der Waals surface area contributed by atoms with Crippen molar-refractivity contribution in [3.8, 4) is 5.75 Å². The largest absolute Gasteiger partial charge is 0.496 e. The molecule has 1 unspecified atom stereocenters. The molecule has 1 N–H and O–H groups in total. The molecule has 0 bridgehead atoms. The fourth-order valence-corrected chi connectivity index (χ4v) is 1.61. The summed E-state index contributed by atoms with van der Waals surface area (Å²) in [7, 11) is 1.46. The molecule has 0 radical (unpaired) electrons. The SMILES string of the molecule is COc1cc(C(C)=CC(C)CC(=O)O)oc(=O)c1. The number of hydrogen-bond donors (Lipinski definition) is 1. The first-order valence-electron chi connectivity index (χ1n) is 5.52. The first-order chi connectivity index (χ1) is 8.42. The predicted molar refractivity (Wildman–Crippen MR) is 66.6 cm³/mol. The van der Waals surface area contributed by atoms with Gasteiger partial charge in [-0.15, -0.1) is 0 Å². The summed E-state index contributed by atoms with van der Waals surface area (Å²) < 4.78 is 10.0. The third-order valence-corrected chi connectivity index (χ3v) is 2.40. The molecule has 1 atom stereocenters. The van der Waals surface area contributed by atoms with Gasteiger partial charge in [0.1, 0.15) is 11.5 Å². The molecule has 1 rings (SSSR count). The first-order valence-corrected chi connectivity index (χ1v) is 5.52. The number of allylic oxidation sites excluding steroid dienone is 2. The summed E-state index contributed by atoms with van der Waals surface area (Å²) in [6.45, 7) is 3.55. The summed E-state index contributed by atoms with van der Waals surface area (Å²) >= 11 is 0. The first kappa shape index (κ1) is 14.0. The monoisotopic (exact) mass is 252 g/mol. The van der Waals surface area contributed by atoms with Crippen molar-refractivity contribution in [2.24, 2.45) is 5.92 Å². The van der Waals surface area contributed by atoms with Gasteiger partial charge < -0.3 is 14.3 Å². The Hall–Kier alpha value is -2.04. The fraction of sp³-hybridized carbons (Fsp3) is 0.385. The average Bonchev–Trinajstić information content (AvgIpc) is 2.26. The number of ether oxygens (including phenoxy) is 1. The second kappa shape index (κ2) is 6.05. The molecule has 0 aliphatic heterocycles. The highest BCUT2D eigenvalue weighted by atomic mass is 16.5. The van der Waals surface area contributed by atoms with Crippen molar-refractivity contribution in [3.63, 3.8) is 0 Å². The van der Waals surface area contributed by atoms with Crippen molar-refractivity contribution in [3.05, 3.63) is 34.4 Å². The lowest BCUT2D eigenvalue weighted by Crippen LogP contribution is -2.03. The molecule has 0 aromatic carbocycles. The maximum absolute atomic E-state index is 11.3. The molecule has 0 saturated carbocycles. The third kappa shape index (κ3) is 4.08. The molecule has 18 heavy (non-hydrogen) atoms. The number of carboxylic acid groups (broad SMARTS) is 1. The van der Waals surface area contributed by atoms with E-state index in [0.717, 1.165) is 0 Å². The van der Waals surface area contributed by atoms with Crippen LogP contribution in [0.2, 0.25) is 0 Å². The standard InChI is InChI=1S/C13H16O5/c1-8(5-12(14)15)4-9(2)11-6-10(17-3)7-13(16)18-11/h4,6-8H,5H2,1-3H3,(H,14,15). The number of rotatable bonds is 5. The Labute approximate surface area is 105 Å². The molecule has 1 heterocycles. The molecule has 0 saturated heterocycles. The summed E-state index contributed by atoms with van der Waals surface area (Å²) in [6, 6.07) is 2.85. The van der Waals surface area contributed by atoms with Crippen LogP contribution < -0.4 is 10.4 Å². The van der Waals surface area contributed by atoms with Crippen LogP contribution in [0.4, 0.5) is 0 Å². The molecule has 98 valence electrons. The highest BCUT2D eigenvalue weighted by Crippen LogP contribution is 2.20. The average molecular weight is 252 g/mol. The van der Waals surface area contributed by atoms with Gasteiger partial charge in [0.25, 0.3) is 0 Å². The van der Waals surface area contributed by atoms with E-state index in [1.54, 1.807) is 26.0 Å². The molecular formula is C13H16O5. The van der Waals surface area contributed by atoms with Crippen LogP contribution in [0.1, 0.15) is 26.0 Å². The predicted octanol–water partition coefficient (Wildman–Crippen LogP) is 2.16. The smallest absolute Gasteiger partial charge is 0.339 e. The van der Waals surface area contributed by atoms with Crippen LogP contribution in [0.5, 0.6) is 5.75 Å². The Morgan fingerprint density at radius 1 is 1.56 bits per heavy atom. The van der Waals surface area contributed by atoms with Crippen LogP contribution in [-0.2, 0) is 4.79 Å². The maximum Gasteiger partial charge on any atom is 0.339 e. The highest BCUT2D eigenvalue weighted by Gasteiger charge is 2.08. The van der Waals surface area contributed by atoms with Crippen molar-refractivity contribution >= 4 is 11.5 Å². The van der Waals surface area contributed by atoms with Crippen LogP contribution >= 0.6 is 0 Å². The van der Waals surface area contributed by atoms with Gasteiger partial charge in [-0.05, 0) is 18.4 Å². The number of methoxy groups -OCH3 is 1. The lowest BCUT2D eigenvalue weighted by atomic mass is 10.0. The minimum atomic E-state index is -0.862. The fourth-order valence-electron chi connectivity index (χ4n) is 1.61. The molecule has 0 aliphatic carbocycles. The van der Waals surface area contributed by atoms with E-state index in [1.165, 1.54) is 13.2 Å². The van der Waals surface area contributed by atoms with Crippen LogP contribution in [0.3, 0.4) is 0 Å². The zero-order valence-corrected chi connectivity index (χ0v) is 10.6. The van der Waals surface area contributed by atoms with Crippen molar-refractivity contribution in [2.75, 3.05) is 7.11 Å². The summed E-state index contributed by atoms with van der Waals surface area (Å²) in [6.07, 6.45) is 1.79. The normalized spacial score (nSPS) is 13.2. The second-order valence-corrected chi connectivity index (χ2v) is 4.11. The van der Waals surface area contributed by atoms with Crippen molar-refractivity contribution in [2.45, 2.75) is 20.3 Å². The summed E-state index contributed by atoms with van der Waals surface area (Å²) in [4.78, 5) is 21.8. The van der Waals surface area contributed by atoms with E-state index in [-0.39, 0.29) is 12.3 Å². The number of hydrogen-bond acceptors (Lipinski definition) is 4. The van der Waals surface area contributed by atoms with Gasteiger partial charge in [0.05, 0.1) is 19.6 Å². The van der Waals surface area contributed by atoms with Crippen LogP contribution in [-0.4, -0.2) is 18.2 Å². The topological polar surface area (TPSA) is 76.7 Å². The lowest BCUT2D eigenvalue weighted by molar-refractivity contribution is -0.137. The van der Waals surface area contributed by atoms with E-state index in [2.05, 4.69) is 0 Å². The molecule has 0 fully saturated rings. The van der Waals surface area contributed by atoms with Gasteiger partial charge in [-0.3, -0.25) is 4.79 Å². The van der Waals surface area contributed by atoms with Gasteiger partial charge in [-0.2, -0.15) is 0 Å². The summed E-state index contributed by atoms with van der Waals surface area (Å²) in [5.74, 6) is -0.200. The molecular weight excluding hydrogens is 236 g/mol. The van der Waals surface area contributed by atoms with Gasteiger partial charge in [-0.25, -0.2) is 4.79 Å². The quantitative estimate of drug-likeness (QED) is 0.868. The summed E-state index contributed by atoms with van der Waals surface area (Å²) in [5, 5.41) is 8.67. The molecule has 0 spiro atoms. The molecule has 5 nitrogen and oxygen atoms in total. The van der Waals surface area contributed by atoms with E-state index >= 15 is 0 Å². The van der Waals surface area contributed by atoms with Gasteiger partial charge in [0.2, 0.25) is 0 Å². The Bertz CT molecular complexity index is 512. The second-order valence-electron chi connectivity index (χ2n) is 4.11. The Morgan fingerprint density at radius 2 is 2.22 bits per heavy atom. The maximum atomic E-state index is 11.3. The van der Waals surface area contributed by atoms with Crippen LogP contribution in [0, 0.1) is 5.92 Å². The molecule has 1 aromatic rings. The van der Waals surface area contributed by atoms with Gasteiger partial charge in [0, 0.05) is 6.07 Å². The highest BCUT2D eigenvalue weighted by molar-refractivity contribution is 5.68. The lowest BCUT2D eigenvalue weighted by Gasteiger charge is -2.06. The van der Waals surface area contributed by atoms with E-state index < -0.39 is 11.6 Å². The van der Waals surface area contributed by atoms with Crippen molar-refractivity contribution < 1.29 is 19.1 Å². The Kier molecular flexibility index (Phi) is 4.71. The molecule has 0 aliphatic rings. The summed E-state index contributed by atoms with van der Waals surface area (Å²) in [5.41, 5.74) is 0.211. The van der Waals surface area contributed by atoms with E-state index in [9.17, 15) is 9.59 Å². The minimum Gasteiger partial charge on any atom is -0.496 e. The third-order valence-electron chi connectivity index (χ3n) is 2.40. The zero-order chi connectivity index (χ0) is 13.7. The molecule has 5 heteroatoms. The Morgan fingerprint density at radius 3 is 2.78 bits per heavy atom. The Balaban J connectivity index is 2.99. The van der Waals surface area contributed by atoms with Crippen molar-refractivity contribution in [1.82, 2.24) is 0 Å². The molecule has 0 amide bonds. The van der Waals surface area contributed by atoms with E-state index in [1.807, 2.05) is 0 Å². The van der Waals surface area contributed by atoms with Crippen molar-refractivity contribution in [1.29, 1.82) is 0 Å².